The van der Waals surface area contributed by atoms with Gasteiger partial charge in [-0.1, -0.05) is 46.6 Å². The van der Waals surface area contributed by atoms with Gasteiger partial charge in [0.05, 0.1) is 29.7 Å². The Bertz CT molecular complexity index is 372. The standard InChI is InChI=1S/C11H15Cl3N2S.ClH/c1-3-16(4-2)5-6-17-11-9(13)7-8(12)10(14)15-11;/h7H,3-6H2,1-2H3;1H. The quantitative estimate of drug-likeness (QED) is 0.578. The van der Waals surface area contributed by atoms with Crippen molar-refractivity contribution in [2.24, 2.45) is 0 Å². The first kappa shape index (κ1) is 18.6. The molecule has 2 nitrogen and oxygen atoms in total. The maximum Gasteiger partial charge on any atom is 0.149 e. The van der Waals surface area contributed by atoms with Crippen molar-refractivity contribution in [2.75, 3.05) is 25.4 Å². The third-order valence-corrected chi connectivity index (χ3v) is 4.61. The summed E-state index contributed by atoms with van der Waals surface area (Å²) >= 11 is 19.4. The number of pyridine rings is 1. The van der Waals surface area contributed by atoms with Crippen molar-refractivity contribution in [1.29, 1.82) is 0 Å². The van der Waals surface area contributed by atoms with Crippen LogP contribution in [0.2, 0.25) is 15.2 Å². The van der Waals surface area contributed by atoms with E-state index in [1.165, 1.54) is 0 Å². The van der Waals surface area contributed by atoms with Gasteiger partial charge in [-0.05, 0) is 19.9 Å². The molecule has 0 radical (unpaired) electrons. The predicted molar refractivity (Wildman–Crippen MR) is 76.9 cm³/mol. The lowest BCUT2D eigenvalue weighted by atomic mass is 10.5. The Balaban J connectivity index is 0.00000289. The molecule has 1 aromatic heterocycles. The Hall–Kier alpha value is 0.620. The molecule has 0 unspecified atom stereocenters. The van der Waals surface area contributed by atoms with E-state index in [0.717, 1.165) is 30.4 Å². The molecule has 0 aliphatic rings. The van der Waals surface area contributed by atoms with E-state index in [-0.39, 0.29) is 12.4 Å². The Labute approximate surface area is 134 Å². The number of hydrogen-bond donors (Lipinski definition) is 1. The number of quaternary nitrogens is 1. The number of rotatable bonds is 6. The third kappa shape index (κ3) is 5.72. The zero-order valence-corrected chi connectivity index (χ0v) is 14.1. The molecule has 0 aliphatic heterocycles. The van der Waals surface area contributed by atoms with Gasteiger partial charge in [0.15, 0.2) is 0 Å². The normalized spacial score (nSPS) is 10.6. The van der Waals surface area contributed by atoms with Crippen LogP contribution in [-0.4, -0.2) is 30.4 Å². The minimum atomic E-state index is 0. The predicted octanol–water partition coefficient (Wildman–Crippen LogP) is 0.0626. The zero-order valence-electron chi connectivity index (χ0n) is 10.3. The summed E-state index contributed by atoms with van der Waals surface area (Å²) in [6.07, 6.45) is 0. The summed E-state index contributed by atoms with van der Waals surface area (Å²) in [4.78, 5) is 5.74. The lowest BCUT2D eigenvalue weighted by Gasteiger charge is -2.14. The Kier molecular flexibility index (Phi) is 9.84. The molecule has 0 atom stereocenters. The summed E-state index contributed by atoms with van der Waals surface area (Å²) in [5.41, 5.74) is 0. The third-order valence-electron chi connectivity index (χ3n) is 2.55. The van der Waals surface area contributed by atoms with Gasteiger partial charge >= 0.3 is 0 Å². The van der Waals surface area contributed by atoms with Crippen LogP contribution in [0.4, 0.5) is 0 Å². The molecule has 0 bridgehead atoms. The topological polar surface area (TPSA) is 17.3 Å². The van der Waals surface area contributed by atoms with Crippen LogP contribution < -0.4 is 17.3 Å². The molecule has 0 aliphatic carbocycles. The van der Waals surface area contributed by atoms with E-state index in [1.807, 2.05) is 0 Å². The van der Waals surface area contributed by atoms with Gasteiger partial charge < -0.3 is 17.3 Å². The minimum Gasteiger partial charge on any atom is -1.00 e. The highest BCUT2D eigenvalue weighted by Gasteiger charge is 2.09. The van der Waals surface area contributed by atoms with E-state index < -0.39 is 0 Å². The number of nitrogens with zero attached hydrogens (tertiary/aromatic N) is 1. The highest BCUT2D eigenvalue weighted by Crippen LogP contribution is 2.31. The largest absolute Gasteiger partial charge is 1.00 e. The summed E-state index contributed by atoms with van der Waals surface area (Å²) in [7, 11) is 0. The second-order valence-electron chi connectivity index (χ2n) is 3.60. The van der Waals surface area contributed by atoms with Crippen molar-refractivity contribution in [3.63, 3.8) is 0 Å². The van der Waals surface area contributed by atoms with Crippen LogP contribution in [0.25, 0.3) is 0 Å². The van der Waals surface area contributed by atoms with E-state index in [2.05, 4.69) is 18.8 Å². The Morgan fingerprint density at radius 1 is 1.17 bits per heavy atom. The first-order chi connectivity index (χ1) is 8.08. The van der Waals surface area contributed by atoms with Crippen molar-refractivity contribution >= 4 is 46.6 Å². The molecule has 1 heterocycles. The van der Waals surface area contributed by atoms with Crippen molar-refractivity contribution in [3.8, 4) is 0 Å². The van der Waals surface area contributed by atoms with Crippen LogP contribution in [0.3, 0.4) is 0 Å². The lowest BCUT2D eigenvalue weighted by Crippen LogP contribution is -3.11. The summed E-state index contributed by atoms with van der Waals surface area (Å²) in [5.74, 6) is 0.974. The number of aromatic nitrogens is 1. The summed E-state index contributed by atoms with van der Waals surface area (Å²) in [5, 5.41) is 2.04. The van der Waals surface area contributed by atoms with Crippen molar-refractivity contribution < 1.29 is 17.3 Å². The van der Waals surface area contributed by atoms with Crippen molar-refractivity contribution in [2.45, 2.75) is 18.9 Å². The smallest absolute Gasteiger partial charge is 0.149 e. The van der Waals surface area contributed by atoms with Crippen LogP contribution in [0.15, 0.2) is 11.1 Å². The second kappa shape index (κ2) is 9.51. The molecular formula is C11H16Cl4N2S. The Morgan fingerprint density at radius 2 is 1.78 bits per heavy atom. The molecule has 1 aromatic rings. The van der Waals surface area contributed by atoms with Gasteiger partial charge in [0.2, 0.25) is 0 Å². The molecule has 0 saturated heterocycles. The van der Waals surface area contributed by atoms with E-state index >= 15 is 0 Å². The molecule has 7 heteroatoms. The minimum absolute atomic E-state index is 0. The molecule has 0 saturated carbocycles. The maximum atomic E-state index is 6.05. The highest BCUT2D eigenvalue weighted by molar-refractivity contribution is 7.99. The fraction of sp³-hybridized carbons (Fsp3) is 0.545. The molecule has 0 spiro atoms. The monoisotopic (exact) mass is 348 g/mol. The summed E-state index contributed by atoms with van der Waals surface area (Å²) < 4.78 is 0. The van der Waals surface area contributed by atoms with Crippen LogP contribution >= 0.6 is 46.6 Å². The van der Waals surface area contributed by atoms with Crippen LogP contribution in [0, 0.1) is 0 Å². The van der Waals surface area contributed by atoms with Gasteiger partial charge in [-0.15, -0.1) is 0 Å². The summed E-state index contributed by atoms with van der Waals surface area (Å²) in [6.45, 7) is 7.75. The molecule has 1 rings (SSSR count). The number of thioether (sulfide) groups is 1. The first-order valence-corrected chi connectivity index (χ1v) is 7.68. The molecule has 0 amide bonds. The SMILES string of the molecule is CC[NH+](CC)CCSc1nc(Cl)c(Cl)cc1Cl.[Cl-]. The van der Waals surface area contributed by atoms with E-state index in [4.69, 9.17) is 34.8 Å². The van der Waals surface area contributed by atoms with E-state index in [0.29, 0.717) is 15.2 Å². The van der Waals surface area contributed by atoms with E-state index in [1.54, 1.807) is 22.7 Å². The average Bonchev–Trinajstić information content (AvgIpc) is 2.31. The van der Waals surface area contributed by atoms with Gasteiger partial charge in [-0.3, -0.25) is 0 Å². The zero-order chi connectivity index (χ0) is 12.8. The van der Waals surface area contributed by atoms with Gasteiger partial charge in [0.1, 0.15) is 10.2 Å². The van der Waals surface area contributed by atoms with Crippen molar-refractivity contribution in [1.82, 2.24) is 4.98 Å². The fourth-order valence-corrected chi connectivity index (χ4v) is 3.07. The number of halogens is 4. The van der Waals surface area contributed by atoms with Gasteiger partial charge in [-0.2, -0.15) is 0 Å². The van der Waals surface area contributed by atoms with Crippen LogP contribution in [-0.2, 0) is 0 Å². The fourth-order valence-electron chi connectivity index (χ4n) is 1.43. The molecule has 104 valence electrons. The molecule has 0 aromatic carbocycles. The summed E-state index contributed by atoms with van der Waals surface area (Å²) in [6, 6.07) is 1.64. The molecule has 0 fully saturated rings. The maximum absolute atomic E-state index is 6.05. The molecule has 1 N–H and O–H groups in total. The van der Waals surface area contributed by atoms with E-state index in [9.17, 15) is 0 Å². The van der Waals surface area contributed by atoms with Crippen LogP contribution in [0.5, 0.6) is 0 Å². The van der Waals surface area contributed by atoms with Crippen LogP contribution in [0.1, 0.15) is 13.8 Å². The average molecular weight is 350 g/mol. The molecular weight excluding hydrogens is 334 g/mol. The number of hydrogen-bond acceptors (Lipinski definition) is 2. The van der Waals surface area contributed by atoms with Crippen molar-refractivity contribution in [3.05, 3.63) is 21.3 Å². The highest BCUT2D eigenvalue weighted by atomic mass is 35.5. The van der Waals surface area contributed by atoms with Gasteiger partial charge in [0.25, 0.3) is 0 Å². The lowest BCUT2D eigenvalue weighted by molar-refractivity contribution is -0.893. The second-order valence-corrected chi connectivity index (χ2v) is 5.86. The first-order valence-electron chi connectivity index (χ1n) is 5.56. The van der Waals surface area contributed by atoms with Gasteiger partial charge in [0, 0.05) is 5.75 Å². The van der Waals surface area contributed by atoms with Gasteiger partial charge in [-0.25, -0.2) is 4.98 Å². The number of nitrogens with one attached hydrogen (secondary N) is 1. The molecule has 18 heavy (non-hydrogen) atoms. The Morgan fingerprint density at radius 3 is 2.33 bits per heavy atom.